The third-order valence-electron chi connectivity index (χ3n) is 2.01. The minimum atomic E-state index is -0.488. The highest BCUT2D eigenvalue weighted by Gasteiger charge is 2.03. The topological polar surface area (TPSA) is 60.2 Å². The molecule has 0 saturated carbocycles. The van der Waals surface area contributed by atoms with E-state index in [0.717, 1.165) is 0 Å². The zero-order valence-corrected chi connectivity index (χ0v) is 9.41. The number of nitrogens with zero attached hydrogens (tertiary/aromatic N) is 1. The first kappa shape index (κ1) is 11.6. The minimum absolute atomic E-state index is 0.00808. The average Bonchev–Trinajstić information content (AvgIpc) is 2.34. The predicted molar refractivity (Wildman–Crippen MR) is 63.5 cm³/mol. The Morgan fingerprint density at radius 3 is 2.71 bits per heavy atom. The van der Waals surface area contributed by atoms with E-state index in [1.54, 1.807) is 12.1 Å². The Morgan fingerprint density at radius 1 is 1.24 bits per heavy atom. The normalized spacial score (nSPS) is 10.1. The Labute approximate surface area is 102 Å². The molecule has 2 aromatic rings. The zero-order valence-electron chi connectivity index (χ0n) is 8.65. The van der Waals surface area contributed by atoms with Gasteiger partial charge < -0.3 is 10.2 Å². The lowest BCUT2D eigenvalue weighted by Crippen LogP contribution is -2.08. The SMILES string of the molecule is NNc1cc(Oc2ccc(F)c(Cl)c2)ccn1. The number of ether oxygens (including phenoxy) is 1. The second kappa shape index (κ2) is 4.99. The van der Waals surface area contributed by atoms with E-state index >= 15 is 0 Å². The Kier molecular flexibility index (Phi) is 3.41. The van der Waals surface area contributed by atoms with Gasteiger partial charge in [0, 0.05) is 18.3 Å². The van der Waals surface area contributed by atoms with Gasteiger partial charge in [0.15, 0.2) is 0 Å². The zero-order chi connectivity index (χ0) is 12.3. The van der Waals surface area contributed by atoms with Crippen LogP contribution in [0.4, 0.5) is 10.2 Å². The molecular formula is C11H9ClFN3O. The molecule has 0 aliphatic carbocycles. The van der Waals surface area contributed by atoms with Crippen LogP contribution in [0.1, 0.15) is 0 Å². The van der Waals surface area contributed by atoms with Crippen molar-refractivity contribution in [1.82, 2.24) is 4.98 Å². The summed E-state index contributed by atoms with van der Waals surface area (Å²) in [5, 5.41) is 0.00808. The van der Waals surface area contributed by atoms with Gasteiger partial charge in [0.25, 0.3) is 0 Å². The van der Waals surface area contributed by atoms with Gasteiger partial charge in [-0.1, -0.05) is 11.6 Å². The fourth-order valence-electron chi connectivity index (χ4n) is 1.23. The number of hydrogen-bond donors (Lipinski definition) is 2. The number of rotatable bonds is 3. The van der Waals surface area contributed by atoms with Crippen molar-refractivity contribution in [2.75, 3.05) is 5.43 Å². The molecule has 0 bridgehead atoms. The number of aromatic nitrogens is 1. The van der Waals surface area contributed by atoms with Gasteiger partial charge in [-0.15, -0.1) is 0 Å². The molecule has 88 valence electrons. The second-order valence-electron chi connectivity index (χ2n) is 3.20. The van der Waals surface area contributed by atoms with Crippen molar-refractivity contribution in [3.05, 3.63) is 47.4 Å². The van der Waals surface area contributed by atoms with Crippen LogP contribution in [0.3, 0.4) is 0 Å². The number of halogens is 2. The molecule has 17 heavy (non-hydrogen) atoms. The summed E-state index contributed by atoms with van der Waals surface area (Å²) in [7, 11) is 0. The summed E-state index contributed by atoms with van der Waals surface area (Å²) in [4.78, 5) is 3.93. The van der Waals surface area contributed by atoms with Crippen LogP contribution in [0.2, 0.25) is 5.02 Å². The van der Waals surface area contributed by atoms with Gasteiger partial charge in [0.1, 0.15) is 23.1 Å². The monoisotopic (exact) mass is 253 g/mol. The van der Waals surface area contributed by atoms with Gasteiger partial charge in [-0.05, 0) is 18.2 Å². The lowest BCUT2D eigenvalue weighted by atomic mass is 10.3. The van der Waals surface area contributed by atoms with Crippen LogP contribution >= 0.6 is 11.6 Å². The van der Waals surface area contributed by atoms with Crippen molar-refractivity contribution >= 4 is 17.4 Å². The van der Waals surface area contributed by atoms with E-state index in [2.05, 4.69) is 10.4 Å². The second-order valence-corrected chi connectivity index (χ2v) is 3.61. The lowest BCUT2D eigenvalue weighted by Gasteiger charge is -2.07. The fourth-order valence-corrected chi connectivity index (χ4v) is 1.40. The summed E-state index contributed by atoms with van der Waals surface area (Å²) in [6.45, 7) is 0. The predicted octanol–water partition coefficient (Wildman–Crippen LogP) is 2.95. The summed E-state index contributed by atoms with van der Waals surface area (Å²) in [6, 6.07) is 7.38. The van der Waals surface area contributed by atoms with Crippen LogP contribution in [0, 0.1) is 5.82 Å². The van der Waals surface area contributed by atoms with Gasteiger partial charge in [-0.25, -0.2) is 15.2 Å². The van der Waals surface area contributed by atoms with Crippen molar-refractivity contribution in [1.29, 1.82) is 0 Å². The van der Waals surface area contributed by atoms with Gasteiger partial charge in [-0.3, -0.25) is 0 Å². The molecule has 0 atom stereocenters. The minimum Gasteiger partial charge on any atom is -0.457 e. The molecular weight excluding hydrogens is 245 g/mol. The Balaban J connectivity index is 2.22. The van der Waals surface area contributed by atoms with E-state index in [9.17, 15) is 4.39 Å². The maximum atomic E-state index is 12.9. The molecule has 0 fully saturated rings. The lowest BCUT2D eigenvalue weighted by molar-refractivity contribution is 0.480. The summed E-state index contributed by atoms with van der Waals surface area (Å²) in [5.41, 5.74) is 2.40. The first-order valence-corrected chi connectivity index (χ1v) is 5.12. The highest BCUT2D eigenvalue weighted by Crippen LogP contribution is 2.26. The smallest absolute Gasteiger partial charge is 0.143 e. The highest BCUT2D eigenvalue weighted by molar-refractivity contribution is 6.30. The van der Waals surface area contributed by atoms with E-state index in [-0.39, 0.29) is 5.02 Å². The van der Waals surface area contributed by atoms with Crippen molar-refractivity contribution in [2.24, 2.45) is 5.84 Å². The van der Waals surface area contributed by atoms with Crippen LogP contribution in [0.25, 0.3) is 0 Å². The van der Waals surface area contributed by atoms with Gasteiger partial charge in [0.05, 0.1) is 5.02 Å². The van der Waals surface area contributed by atoms with Crippen LogP contribution in [0.15, 0.2) is 36.5 Å². The molecule has 0 unspecified atom stereocenters. The van der Waals surface area contributed by atoms with Crippen molar-refractivity contribution < 1.29 is 9.13 Å². The Hall–Kier alpha value is -1.85. The molecule has 1 aromatic heterocycles. The molecule has 0 amide bonds. The van der Waals surface area contributed by atoms with Crippen molar-refractivity contribution in [3.63, 3.8) is 0 Å². The first-order chi connectivity index (χ1) is 8.19. The van der Waals surface area contributed by atoms with Crippen molar-refractivity contribution in [2.45, 2.75) is 0 Å². The standard InChI is InChI=1S/C11H9ClFN3O/c12-9-5-7(1-2-10(9)13)17-8-3-4-15-11(6-8)16-14/h1-6H,14H2,(H,15,16). The third kappa shape index (κ3) is 2.83. The Bertz CT molecular complexity index is 536. The summed E-state index contributed by atoms with van der Waals surface area (Å²) < 4.78 is 18.4. The van der Waals surface area contributed by atoms with E-state index in [1.165, 1.54) is 24.4 Å². The van der Waals surface area contributed by atoms with Crippen LogP contribution < -0.4 is 16.0 Å². The molecule has 4 nitrogen and oxygen atoms in total. The molecule has 0 spiro atoms. The van der Waals surface area contributed by atoms with Gasteiger partial charge in [-0.2, -0.15) is 0 Å². The van der Waals surface area contributed by atoms with E-state index in [1.807, 2.05) is 0 Å². The van der Waals surface area contributed by atoms with Crippen LogP contribution in [0.5, 0.6) is 11.5 Å². The number of nitrogens with two attached hydrogens (primary N) is 1. The van der Waals surface area contributed by atoms with E-state index in [0.29, 0.717) is 17.3 Å². The average molecular weight is 254 g/mol. The first-order valence-electron chi connectivity index (χ1n) is 4.74. The largest absolute Gasteiger partial charge is 0.457 e. The maximum absolute atomic E-state index is 12.9. The molecule has 2 rings (SSSR count). The number of hydrazine groups is 1. The number of hydrogen-bond acceptors (Lipinski definition) is 4. The molecule has 3 N–H and O–H groups in total. The van der Waals surface area contributed by atoms with E-state index < -0.39 is 5.82 Å². The Morgan fingerprint density at radius 2 is 2.00 bits per heavy atom. The summed E-state index contributed by atoms with van der Waals surface area (Å²) in [5.74, 6) is 6.16. The number of nitrogens with one attached hydrogen (secondary N) is 1. The summed E-state index contributed by atoms with van der Waals surface area (Å²) in [6.07, 6.45) is 1.54. The van der Waals surface area contributed by atoms with E-state index in [4.69, 9.17) is 22.2 Å². The number of anilines is 1. The maximum Gasteiger partial charge on any atom is 0.143 e. The quantitative estimate of drug-likeness (QED) is 0.652. The van der Waals surface area contributed by atoms with Crippen molar-refractivity contribution in [3.8, 4) is 11.5 Å². The molecule has 0 aliphatic heterocycles. The molecule has 1 heterocycles. The molecule has 0 aliphatic rings. The molecule has 0 saturated heterocycles. The molecule has 6 heteroatoms. The number of pyridine rings is 1. The third-order valence-corrected chi connectivity index (χ3v) is 2.30. The summed E-state index contributed by atoms with van der Waals surface area (Å²) >= 11 is 5.64. The van der Waals surface area contributed by atoms with Crippen LogP contribution in [-0.4, -0.2) is 4.98 Å². The highest BCUT2D eigenvalue weighted by atomic mass is 35.5. The van der Waals surface area contributed by atoms with Crippen LogP contribution in [-0.2, 0) is 0 Å². The van der Waals surface area contributed by atoms with Gasteiger partial charge in [0.2, 0.25) is 0 Å². The fraction of sp³-hybridized carbons (Fsp3) is 0. The molecule has 1 aromatic carbocycles. The number of nitrogen functional groups attached to an aromatic ring is 1. The molecule has 0 radical (unpaired) electrons. The van der Waals surface area contributed by atoms with Gasteiger partial charge >= 0.3 is 0 Å². The number of benzene rings is 1.